The van der Waals surface area contributed by atoms with Gasteiger partial charge in [0.1, 0.15) is 11.9 Å². The van der Waals surface area contributed by atoms with Crippen molar-refractivity contribution in [2.24, 2.45) is 5.84 Å². The minimum absolute atomic E-state index is 0.248. The van der Waals surface area contributed by atoms with Crippen molar-refractivity contribution in [1.29, 1.82) is 0 Å². The zero-order chi connectivity index (χ0) is 13.1. The number of imide groups is 1. The van der Waals surface area contributed by atoms with Crippen LogP contribution in [-0.4, -0.2) is 27.8 Å². The summed E-state index contributed by atoms with van der Waals surface area (Å²) in [6, 6.07) is -0.470. The summed E-state index contributed by atoms with van der Waals surface area (Å²) in [5.41, 5.74) is 3.12. The van der Waals surface area contributed by atoms with Crippen LogP contribution in [0.5, 0.6) is 0 Å². The highest BCUT2D eigenvalue weighted by molar-refractivity contribution is 6.01. The standard InChI is InChI=1S/C10H14N6O2/c1-5-4-12-10(16-11)15-8(5)13-6-2-3-7(17)14-9(6)18/h4,6H,2-3,11H2,1H3,(H,14,17,18)(H2,12,13,15,16). The Kier molecular flexibility index (Phi) is 3.38. The van der Waals surface area contributed by atoms with Crippen molar-refractivity contribution in [3.63, 3.8) is 0 Å². The van der Waals surface area contributed by atoms with Gasteiger partial charge in [-0.2, -0.15) is 4.98 Å². The molecule has 2 amide bonds. The maximum atomic E-state index is 11.6. The Labute approximate surface area is 103 Å². The minimum atomic E-state index is -0.470. The molecule has 2 heterocycles. The van der Waals surface area contributed by atoms with Gasteiger partial charge in [0.25, 0.3) is 0 Å². The molecule has 8 heteroatoms. The highest BCUT2D eigenvalue weighted by Gasteiger charge is 2.27. The number of aryl methyl sites for hydroxylation is 1. The lowest BCUT2D eigenvalue weighted by Gasteiger charge is -2.23. The zero-order valence-electron chi connectivity index (χ0n) is 9.86. The number of piperidine rings is 1. The average Bonchev–Trinajstić information content (AvgIpc) is 2.35. The number of hydrazine groups is 1. The second-order valence-electron chi connectivity index (χ2n) is 4.02. The van der Waals surface area contributed by atoms with E-state index in [0.717, 1.165) is 5.56 Å². The number of nitrogens with two attached hydrogens (primary N) is 1. The summed E-state index contributed by atoms with van der Waals surface area (Å²) >= 11 is 0. The summed E-state index contributed by atoms with van der Waals surface area (Å²) in [4.78, 5) is 30.7. The van der Waals surface area contributed by atoms with Crippen LogP contribution < -0.4 is 21.9 Å². The molecule has 1 aromatic rings. The van der Waals surface area contributed by atoms with E-state index in [1.165, 1.54) is 0 Å². The number of hydrogen-bond acceptors (Lipinski definition) is 7. The fourth-order valence-electron chi connectivity index (χ4n) is 1.65. The van der Waals surface area contributed by atoms with Gasteiger partial charge in [0.15, 0.2) is 0 Å². The van der Waals surface area contributed by atoms with Crippen LogP contribution in [-0.2, 0) is 9.59 Å². The molecule has 0 saturated carbocycles. The molecule has 1 atom stereocenters. The fraction of sp³-hybridized carbons (Fsp3) is 0.400. The number of nitrogens with zero attached hydrogens (tertiary/aromatic N) is 2. The van der Waals surface area contributed by atoms with E-state index >= 15 is 0 Å². The van der Waals surface area contributed by atoms with Crippen LogP contribution in [0.2, 0.25) is 0 Å². The molecule has 8 nitrogen and oxygen atoms in total. The summed E-state index contributed by atoms with van der Waals surface area (Å²) in [6.07, 6.45) is 2.35. The molecule has 1 aliphatic heterocycles. The van der Waals surface area contributed by atoms with Gasteiger partial charge in [-0.3, -0.25) is 20.3 Å². The van der Waals surface area contributed by atoms with Gasteiger partial charge >= 0.3 is 0 Å². The van der Waals surface area contributed by atoms with Gasteiger partial charge in [-0.25, -0.2) is 10.8 Å². The number of carbonyl (C=O) groups excluding carboxylic acids is 2. The Morgan fingerprint density at radius 2 is 2.28 bits per heavy atom. The van der Waals surface area contributed by atoms with E-state index in [-0.39, 0.29) is 17.8 Å². The molecule has 0 aromatic carbocycles. The second-order valence-corrected chi connectivity index (χ2v) is 4.02. The molecule has 0 aliphatic carbocycles. The zero-order valence-corrected chi connectivity index (χ0v) is 9.86. The highest BCUT2D eigenvalue weighted by Crippen LogP contribution is 2.16. The van der Waals surface area contributed by atoms with Gasteiger partial charge < -0.3 is 5.32 Å². The van der Waals surface area contributed by atoms with Crippen molar-refractivity contribution < 1.29 is 9.59 Å². The van der Waals surface area contributed by atoms with Gasteiger partial charge in [-0.1, -0.05) is 0 Å². The molecule has 96 valence electrons. The lowest BCUT2D eigenvalue weighted by Crippen LogP contribution is -2.47. The molecule has 0 radical (unpaired) electrons. The smallest absolute Gasteiger partial charge is 0.249 e. The number of hydrogen-bond donors (Lipinski definition) is 4. The largest absolute Gasteiger partial charge is 0.358 e. The average molecular weight is 250 g/mol. The Morgan fingerprint density at radius 1 is 1.50 bits per heavy atom. The van der Waals surface area contributed by atoms with E-state index in [1.54, 1.807) is 6.20 Å². The first kappa shape index (κ1) is 12.2. The number of anilines is 2. The molecule has 1 unspecified atom stereocenters. The van der Waals surface area contributed by atoms with Crippen LogP contribution in [0.25, 0.3) is 0 Å². The molecule has 1 aromatic heterocycles. The van der Waals surface area contributed by atoms with Gasteiger partial charge in [0.2, 0.25) is 17.8 Å². The molecular weight excluding hydrogens is 236 g/mol. The number of aromatic nitrogens is 2. The molecule has 1 saturated heterocycles. The summed E-state index contributed by atoms with van der Waals surface area (Å²) in [5, 5.41) is 5.26. The van der Waals surface area contributed by atoms with Crippen LogP contribution in [0.4, 0.5) is 11.8 Å². The summed E-state index contributed by atoms with van der Waals surface area (Å²) in [7, 11) is 0. The van der Waals surface area contributed by atoms with E-state index in [4.69, 9.17) is 5.84 Å². The lowest BCUT2D eigenvalue weighted by molar-refractivity contribution is -0.133. The van der Waals surface area contributed by atoms with Crippen LogP contribution in [0.1, 0.15) is 18.4 Å². The van der Waals surface area contributed by atoms with Crippen LogP contribution in [0.3, 0.4) is 0 Å². The molecule has 2 rings (SSSR count). The third kappa shape index (κ3) is 2.54. The molecule has 5 N–H and O–H groups in total. The monoisotopic (exact) mass is 250 g/mol. The topological polar surface area (TPSA) is 122 Å². The van der Waals surface area contributed by atoms with Crippen LogP contribution >= 0.6 is 0 Å². The summed E-state index contributed by atoms with van der Waals surface area (Å²) in [6.45, 7) is 1.81. The Morgan fingerprint density at radius 3 is 2.94 bits per heavy atom. The van der Waals surface area contributed by atoms with Gasteiger partial charge in [0.05, 0.1) is 0 Å². The fourth-order valence-corrected chi connectivity index (χ4v) is 1.65. The molecule has 1 aliphatic rings. The first-order valence-electron chi connectivity index (χ1n) is 5.50. The van der Waals surface area contributed by atoms with Crippen LogP contribution in [0.15, 0.2) is 6.20 Å². The maximum Gasteiger partial charge on any atom is 0.249 e. The highest BCUT2D eigenvalue weighted by atomic mass is 16.2. The number of nitrogen functional groups attached to an aromatic ring is 1. The Hall–Kier alpha value is -2.22. The SMILES string of the molecule is Cc1cnc(NN)nc1NC1CCC(=O)NC1=O. The predicted molar refractivity (Wildman–Crippen MR) is 64.4 cm³/mol. The van der Waals surface area contributed by atoms with Crippen LogP contribution in [0, 0.1) is 6.92 Å². The third-order valence-corrected chi connectivity index (χ3v) is 2.65. The van der Waals surface area contributed by atoms with E-state index in [0.29, 0.717) is 18.7 Å². The third-order valence-electron chi connectivity index (χ3n) is 2.65. The Bertz CT molecular complexity index is 489. The predicted octanol–water partition coefficient (Wildman–Crippen LogP) is -0.712. The van der Waals surface area contributed by atoms with Gasteiger partial charge in [-0.15, -0.1) is 0 Å². The number of rotatable bonds is 3. The van der Waals surface area contributed by atoms with Crippen molar-refractivity contribution in [2.45, 2.75) is 25.8 Å². The van der Waals surface area contributed by atoms with Crippen molar-refractivity contribution in [1.82, 2.24) is 15.3 Å². The summed E-state index contributed by atoms with van der Waals surface area (Å²) in [5.74, 6) is 5.41. The first-order chi connectivity index (χ1) is 8.60. The second kappa shape index (κ2) is 4.96. The minimum Gasteiger partial charge on any atom is -0.358 e. The maximum absolute atomic E-state index is 11.6. The summed E-state index contributed by atoms with van der Waals surface area (Å²) < 4.78 is 0. The first-order valence-corrected chi connectivity index (χ1v) is 5.50. The van der Waals surface area contributed by atoms with Crippen molar-refractivity contribution in [3.05, 3.63) is 11.8 Å². The number of amides is 2. The van der Waals surface area contributed by atoms with Crippen molar-refractivity contribution in [2.75, 3.05) is 10.7 Å². The Balaban J connectivity index is 2.13. The quantitative estimate of drug-likeness (QED) is 0.317. The molecule has 0 bridgehead atoms. The molecule has 18 heavy (non-hydrogen) atoms. The normalized spacial score (nSPS) is 19.3. The lowest BCUT2D eigenvalue weighted by atomic mass is 10.1. The molecule has 1 fully saturated rings. The number of carbonyl (C=O) groups is 2. The van der Waals surface area contributed by atoms with Crippen molar-refractivity contribution >= 4 is 23.6 Å². The van der Waals surface area contributed by atoms with E-state index in [1.807, 2.05) is 6.92 Å². The molecular formula is C10H14N6O2. The van der Waals surface area contributed by atoms with E-state index in [9.17, 15) is 9.59 Å². The van der Waals surface area contributed by atoms with Gasteiger partial charge in [-0.05, 0) is 13.3 Å². The van der Waals surface area contributed by atoms with Gasteiger partial charge in [0, 0.05) is 18.2 Å². The van der Waals surface area contributed by atoms with Crippen molar-refractivity contribution in [3.8, 4) is 0 Å². The molecule has 0 spiro atoms. The number of nitrogens with one attached hydrogen (secondary N) is 3. The van der Waals surface area contributed by atoms with E-state index in [2.05, 4.69) is 26.0 Å². The van der Waals surface area contributed by atoms with E-state index < -0.39 is 6.04 Å².